The first-order valence-corrected chi connectivity index (χ1v) is 7.14. The van der Waals surface area contributed by atoms with Gasteiger partial charge < -0.3 is 15.5 Å². The molecule has 0 amide bonds. The number of anilines is 1. The van der Waals surface area contributed by atoms with Gasteiger partial charge in [-0.05, 0) is 6.07 Å². The Balaban J connectivity index is 3.23. The first-order valence-electron chi connectivity index (χ1n) is 5.66. The molecule has 0 aliphatic heterocycles. The van der Waals surface area contributed by atoms with Gasteiger partial charge in [0.05, 0.1) is 23.8 Å². The second-order valence-corrected chi connectivity index (χ2v) is 5.44. The minimum absolute atomic E-state index is 0.0976. The van der Waals surface area contributed by atoms with Crippen molar-refractivity contribution in [2.75, 3.05) is 31.6 Å². The van der Waals surface area contributed by atoms with Crippen LogP contribution in [0.5, 0.6) is 0 Å². The van der Waals surface area contributed by atoms with Gasteiger partial charge in [0.2, 0.25) is 10.0 Å². The maximum Gasteiger partial charge on any atom is 0.270 e. The van der Waals surface area contributed by atoms with Gasteiger partial charge >= 0.3 is 0 Å². The third kappa shape index (κ3) is 4.13. The number of aliphatic hydroxyl groups excluding tert-OH is 2. The van der Waals surface area contributed by atoms with Gasteiger partial charge in [0, 0.05) is 25.2 Å². The number of nitro groups is 1. The summed E-state index contributed by atoms with van der Waals surface area (Å²) in [6, 6.07) is 3.32. The molecule has 0 bridgehead atoms. The predicted octanol–water partition coefficient (Wildman–Crippen LogP) is -0.730. The van der Waals surface area contributed by atoms with Crippen LogP contribution in [0, 0.1) is 10.1 Å². The van der Waals surface area contributed by atoms with E-state index in [-0.39, 0.29) is 36.0 Å². The third-order valence-corrected chi connectivity index (χ3v) is 3.80. The lowest BCUT2D eigenvalue weighted by Gasteiger charge is -2.12. The number of rotatable bonds is 8. The molecule has 10 heteroatoms. The summed E-state index contributed by atoms with van der Waals surface area (Å²) < 4.78 is 26.1. The van der Waals surface area contributed by atoms with Crippen molar-refractivity contribution in [3.8, 4) is 0 Å². The Bertz CT molecular complexity index is 574. The van der Waals surface area contributed by atoms with Crippen molar-refractivity contribution >= 4 is 21.4 Å². The summed E-state index contributed by atoms with van der Waals surface area (Å²) in [7, 11) is -4.00. The number of nitrogens with one attached hydrogen (secondary N) is 2. The van der Waals surface area contributed by atoms with Crippen molar-refractivity contribution in [3.63, 3.8) is 0 Å². The Labute approximate surface area is 115 Å². The van der Waals surface area contributed by atoms with Crippen LogP contribution >= 0.6 is 0 Å². The lowest BCUT2D eigenvalue weighted by atomic mass is 10.3. The molecule has 0 saturated heterocycles. The fourth-order valence-electron chi connectivity index (χ4n) is 1.44. The van der Waals surface area contributed by atoms with E-state index in [0.29, 0.717) is 0 Å². The van der Waals surface area contributed by atoms with E-state index in [9.17, 15) is 18.5 Å². The Morgan fingerprint density at radius 1 is 1.20 bits per heavy atom. The molecule has 0 aromatic heterocycles. The average molecular weight is 305 g/mol. The average Bonchev–Trinajstić information content (AvgIpc) is 2.42. The molecule has 0 saturated carbocycles. The van der Waals surface area contributed by atoms with Crippen molar-refractivity contribution in [1.82, 2.24) is 4.72 Å². The van der Waals surface area contributed by atoms with E-state index in [0.717, 1.165) is 12.1 Å². The van der Waals surface area contributed by atoms with Crippen molar-refractivity contribution in [2.24, 2.45) is 0 Å². The van der Waals surface area contributed by atoms with E-state index in [2.05, 4.69) is 10.0 Å². The topological polar surface area (TPSA) is 142 Å². The van der Waals surface area contributed by atoms with Crippen LogP contribution in [0.25, 0.3) is 0 Å². The van der Waals surface area contributed by atoms with Gasteiger partial charge in [-0.1, -0.05) is 0 Å². The fraction of sp³-hybridized carbons (Fsp3) is 0.400. The first-order chi connectivity index (χ1) is 9.42. The Morgan fingerprint density at radius 2 is 1.85 bits per heavy atom. The molecule has 9 nitrogen and oxygen atoms in total. The lowest BCUT2D eigenvalue weighted by Crippen LogP contribution is -2.27. The summed E-state index contributed by atoms with van der Waals surface area (Å²) in [6.45, 7) is -0.723. The highest BCUT2D eigenvalue weighted by molar-refractivity contribution is 7.89. The van der Waals surface area contributed by atoms with Gasteiger partial charge in [-0.25, -0.2) is 13.1 Å². The smallest absolute Gasteiger partial charge is 0.270 e. The summed E-state index contributed by atoms with van der Waals surface area (Å²) in [5.74, 6) is 0. The predicted molar refractivity (Wildman–Crippen MR) is 70.9 cm³/mol. The van der Waals surface area contributed by atoms with Gasteiger partial charge in [-0.3, -0.25) is 10.1 Å². The Hall–Kier alpha value is -1.75. The number of benzene rings is 1. The molecule has 0 unspecified atom stereocenters. The molecule has 0 fully saturated rings. The number of nitro benzene ring substituents is 1. The van der Waals surface area contributed by atoms with Crippen molar-refractivity contribution in [2.45, 2.75) is 4.90 Å². The molecule has 0 aliphatic carbocycles. The molecular formula is C10H15N3O6S. The van der Waals surface area contributed by atoms with Crippen molar-refractivity contribution in [3.05, 3.63) is 28.3 Å². The zero-order valence-electron chi connectivity index (χ0n) is 10.4. The number of hydrogen-bond acceptors (Lipinski definition) is 7. The fourth-order valence-corrected chi connectivity index (χ4v) is 2.66. The molecule has 0 radical (unpaired) electrons. The van der Waals surface area contributed by atoms with Gasteiger partial charge in [0.15, 0.2) is 0 Å². The number of sulfonamides is 1. The van der Waals surface area contributed by atoms with Crippen LogP contribution in [0.2, 0.25) is 0 Å². The molecule has 1 rings (SSSR count). The summed E-state index contributed by atoms with van der Waals surface area (Å²) in [6.07, 6.45) is 0. The highest BCUT2D eigenvalue weighted by atomic mass is 32.2. The minimum atomic E-state index is -4.00. The lowest BCUT2D eigenvalue weighted by molar-refractivity contribution is -0.385. The van der Waals surface area contributed by atoms with Crippen LogP contribution in [-0.2, 0) is 10.0 Å². The monoisotopic (exact) mass is 305 g/mol. The molecule has 112 valence electrons. The molecule has 20 heavy (non-hydrogen) atoms. The number of nitrogens with zero attached hydrogens (tertiary/aromatic N) is 1. The van der Waals surface area contributed by atoms with Crippen LogP contribution < -0.4 is 10.0 Å². The van der Waals surface area contributed by atoms with Crippen LogP contribution in [-0.4, -0.2) is 49.9 Å². The minimum Gasteiger partial charge on any atom is -0.395 e. The summed E-state index contributed by atoms with van der Waals surface area (Å²) in [5.41, 5.74) is -0.237. The SMILES string of the molecule is O=[N+]([O-])c1ccc(NCCO)c(S(=O)(=O)NCCO)c1. The second-order valence-electron chi connectivity index (χ2n) is 3.71. The number of aliphatic hydroxyl groups is 2. The molecular weight excluding hydrogens is 290 g/mol. The summed E-state index contributed by atoms with van der Waals surface area (Å²) >= 11 is 0. The molecule has 0 atom stereocenters. The van der Waals surface area contributed by atoms with E-state index in [1.54, 1.807) is 0 Å². The van der Waals surface area contributed by atoms with Crippen LogP contribution in [0.1, 0.15) is 0 Å². The number of hydrogen-bond donors (Lipinski definition) is 4. The highest BCUT2D eigenvalue weighted by Crippen LogP contribution is 2.26. The summed E-state index contributed by atoms with van der Waals surface area (Å²) in [4.78, 5) is 9.69. The van der Waals surface area contributed by atoms with Crippen molar-refractivity contribution in [1.29, 1.82) is 0 Å². The molecule has 0 spiro atoms. The molecule has 4 N–H and O–H groups in total. The quantitative estimate of drug-likeness (QED) is 0.366. The van der Waals surface area contributed by atoms with Gasteiger partial charge in [-0.2, -0.15) is 0 Å². The Morgan fingerprint density at radius 3 is 2.40 bits per heavy atom. The standard InChI is InChI=1S/C10H15N3O6S/c14-5-3-11-9-2-1-8(13(16)17)7-10(9)20(18,19)12-4-6-15/h1-2,7,11-12,14-15H,3-6H2. The normalized spacial score (nSPS) is 11.3. The van der Waals surface area contributed by atoms with E-state index in [4.69, 9.17) is 10.2 Å². The second kappa shape index (κ2) is 7.14. The van der Waals surface area contributed by atoms with E-state index >= 15 is 0 Å². The molecule has 1 aromatic rings. The van der Waals surface area contributed by atoms with Gasteiger partial charge in [0.1, 0.15) is 4.90 Å². The van der Waals surface area contributed by atoms with Crippen molar-refractivity contribution < 1.29 is 23.6 Å². The summed E-state index contributed by atoms with van der Waals surface area (Å²) in [5, 5.41) is 30.7. The third-order valence-electron chi connectivity index (χ3n) is 2.30. The van der Waals surface area contributed by atoms with Gasteiger partial charge in [-0.15, -0.1) is 0 Å². The number of non-ortho nitro benzene ring substituents is 1. The zero-order valence-corrected chi connectivity index (χ0v) is 11.3. The Kier molecular flexibility index (Phi) is 5.82. The molecule has 0 heterocycles. The first kappa shape index (κ1) is 16.3. The van der Waals surface area contributed by atoms with E-state index in [1.165, 1.54) is 6.07 Å². The van der Waals surface area contributed by atoms with E-state index < -0.39 is 21.6 Å². The zero-order chi connectivity index (χ0) is 15.2. The van der Waals surface area contributed by atoms with Gasteiger partial charge in [0.25, 0.3) is 5.69 Å². The van der Waals surface area contributed by atoms with E-state index in [1.807, 2.05) is 0 Å². The maximum atomic E-state index is 12.0. The van der Waals surface area contributed by atoms with Crippen LogP contribution in [0.4, 0.5) is 11.4 Å². The van der Waals surface area contributed by atoms with Crippen LogP contribution in [0.3, 0.4) is 0 Å². The molecule has 1 aromatic carbocycles. The maximum absolute atomic E-state index is 12.0. The molecule has 0 aliphatic rings. The largest absolute Gasteiger partial charge is 0.395 e. The highest BCUT2D eigenvalue weighted by Gasteiger charge is 2.21. The van der Waals surface area contributed by atoms with Crippen LogP contribution in [0.15, 0.2) is 23.1 Å².